The fourth-order valence-corrected chi connectivity index (χ4v) is 1.75. The third-order valence-corrected chi connectivity index (χ3v) is 2.71. The molecule has 20 heavy (non-hydrogen) atoms. The number of carboxylic acids is 1. The van der Waals surface area contributed by atoms with Crippen molar-refractivity contribution in [2.24, 2.45) is 0 Å². The second-order valence-electron chi connectivity index (χ2n) is 4.04. The first-order chi connectivity index (χ1) is 9.50. The first-order valence-corrected chi connectivity index (χ1v) is 5.68. The predicted octanol–water partition coefficient (Wildman–Crippen LogP) is 3.34. The average molecular weight is 281 g/mol. The van der Waals surface area contributed by atoms with Crippen molar-refractivity contribution in [1.29, 1.82) is 0 Å². The fourth-order valence-electron chi connectivity index (χ4n) is 1.75. The van der Waals surface area contributed by atoms with E-state index in [0.29, 0.717) is 0 Å². The molecular formula is C14H10F3NO2. The zero-order valence-corrected chi connectivity index (χ0v) is 10.1. The monoisotopic (exact) mass is 281 g/mol. The van der Waals surface area contributed by atoms with Crippen LogP contribution in [0.15, 0.2) is 42.5 Å². The normalized spacial score (nSPS) is 11.9. The van der Waals surface area contributed by atoms with Gasteiger partial charge in [-0.2, -0.15) is 0 Å². The van der Waals surface area contributed by atoms with Crippen molar-refractivity contribution in [2.45, 2.75) is 6.04 Å². The third kappa shape index (κ3) is 2.74. The highest BCUT2D eigenvalue weighted by Gasteiger charge is 2.25. The van der Waals surface area contributed by atoms with E-state index in [1.54, 1.807) is 0 Å². The molecule has 0 fully saturated rings. The molecule has 2 aromatic rings. The van der Waals surface area contributed by atoms with Crippen LogP contribution >= 0.6 is 0 Å². The molecule has 0 radical (unpaired) electrons. The molecule has 2 rings (SSSR count). The molecule has 0 aliphatic rings. The largest absolute Gasteiger partial charge is 0.479 e. The van der Waals surface area contributed by atoms with Crippen molar-refractivity contribution in [3.63, 3.8) is 0 Å². The van der Waals surface area contributed by atoms with Crippen LogP contribution in [0.1, 0.15) is 11.6 Å². The van der Waals surface area contributed by atoms with Crippen LogP contribution in [0.4, 0.5) is 18.9 Å². The van der Waals surface area contributed by atoms with Gasteiger partial charge in [0.2, 0.25) is 0 Å². The molecule has 3 nitrogen and oxygen atoms in total. The fraction of sp³-hybridized carbons (Fsp3) is 0.0714. The van der Waals surface area contributed by atoms with Crippen LogP contribution in [0.25, 0.3) is 0 Å². The minimum atomic E-state index is -1.59. The highest BCUT2D eigenvalue weighted by Crippen LogP contribution is 2.25. The number of aliphatic carboxylic acids is 1. The molecule has 0 spiro atoms. The Morgan fingerprint density at radius 3 is 2.30 bits per heavy atom. The van der Waals surface area contributed by atoms with Crippen molar-refractivity contribution in [3.05, 3.63) is 65.5 Å². The SMILES string of the molecule is O=C(O)C(Nc1ccccc1F)c1cccc(F)c1F. The standard InChI is InChI=1S/C14H10F3NO2/c15-9-5-1-2-7-11(9)18-13(14(19)20)8-4-3-6-10(16)12(8)17/h1-7,13,18H,(H,19,20). The number of halogens is 3. The predicted molar refractivity (Wildman–Crippen MR) is 66.8 cm³/mol. The van der Waals surface area contributed by atoms with Crippen LogP contribution in [0.2, 0.25) is 0 Å². The summed E-state index contributed by atoms with van der Waals surface area (Å²) in [6.45, 7) is 0. The van der Waals surface area contributed by atoms with Gasteiger partial charge in [0.25, 0.3) is 0 Å². The highest BCUT2D eigenvalue weighted by atomic mass is 19.2. The lowest BCUT2D eigenvalue weighted by atomic mass is 10.1. The summed E-state index contributed by atoms with van der Waals surface area (Å²) in [5.41, 5.74) is -0.510. The van der Waals surface area contributed by atoms with E-state index in [-0.39, 0.29) is 5.69 Å². The van der Waals surface area contributed by atoms with Crippen LogP contribution in [-0.2, 0) is 4.79 Å². The first-order valence-electron chi connectivity index (χ1n) is 5.68. The van der Waals surface area contributed by atoms with Gasteiger partial charge < -0.3 is 10.4 Å². The number of hydrogen-bond acceptors (Lipinski definition) is 2. The Bertz CT molecular complexity index is 646. The van der Waals surface area contributed by atoms with Crippen LogP contribution in [0.3, 0.4) is 0 Å². The van der Waals surface area contributed by atoms with E-state index in [1.807, 2.05) is 0 Å². The molecule has 0 bridgehead atoms. The quantitative estimate of drug-likeness (QED) is 0.903. The number of para-hydroxylation sites is 1. The summed E-state index contributed by atoms with van der Waals surface area (Å²) in [5.74, 6) is -4.57. The number of hydrogen-bond donors (Lipinski definition) is 2. The molecular weight excluding hydrogens is 271 g/mol. The molecule has 0 heterocycles. The minimum Gasteiger partial charge on any atom is -0.479 e. The number of anilines is 1. The molecule has 0 amide bonds. The van der Waals surface area contributed by atoms with E-state index in [1.165, 1.54) is 24.3 Å². The van der Waals surface area contributed by atoms with Gasteiger partial charge in [0, 0.05) is 5.56 Å². The molecule has 0 aromatic heterocycles. The second kappa shape index (κ2) is 5.64. The van der Waals surface area contributed by atoms with Crippen molar-refractivity contribution >= 4 is 11.7 Å². The lowest BCUT2D eigenvalue weighted by molar-refractivity contribution is -0.138. The molecule has 1 unspecified atom stereocenters. The zero-order valence-electron chi connectivity index (χ0n) is 10.1. The van der Waals surface area contributed by atoms with Crippen LogP contribution in [0, 0.1) is 17.5 Å². The maximum atomic E-state index is 13.6. The van der Waals surface area contributed by atoms with Gasteiger partial charge in [-0.05, 0) is 18.2 Å². The Labute approximate surface area is 112 Å². The van der Waals surface area contributed by atoms with Crippen LogP contribution in [0.5, 0.6) is 0 Å². The van der Waals surface area contributed by atoms with Crippen LogP contribution in [-0.4, -0.2) is 11.1 Å². The summed E-state index contributed by atoms with van der Waals surface area (Å²) in [4.78, 5) is 11.2. The van der Waals surface area contributed by atoms with Gasteiger partial charge in [0.1, 0.15) is 5.82 Å². The smallest absolute Gasteiger partial charge is 0.330 e. The number of rotatable bonds is 4. The van der Waals surface area contributed by atoms with Gasteiger partial charge in [0.05, 0.1) is 5.69 Å². The highest BCUT2D eigenvalue weighted by molar-refractivity contribution is 5.79. The zero-order chi connectivity index (χ0) is 14.7. The van der Waals surface area contributed by atoms with E-state index in [9.17, 15) is 18.0 Å². The molecule has 0 saturated carbocycles. The summed E-state index contributed by atoms with van der Waals surface area (Å²) in [6.07, 6.45) is 0. The summed E-state index contributed by atoms with van der Waals surface area (Å²) >= 11 is 0. The van der Waals surface area contributed by atoms with Gasteiger partial charge in [-0.25, -0.2) is 18.0 Å². The van der Waals surface area contributed by atoms with E-state index in [4.69, 9.17) is 5.11 Å². The molecule has 104 valence electrons. The van der Waals surface area contributed by atoms with Crippen molar-refractivity contribution in [2.75, 3.05) is 5.32 Å². The number of benzene rings is 2. The Hall–Kier alpha value is -2.50. The van der Waals surface area contributed by atoms with E-state index >= 15 is 0 Å². The average Bonchev–Trinajstić information content (AvgIpc) is 2.41. The summed E-state index contributed by atoms with van der Waals surface area (Å²) in [6, 6.07) is 6.96. The van der Waals surface area contributed by atoms with Crippen molar-refractivity contribution in [3.8, 4) is 0 Å². The summed E-state index contributed by atoms with van der Waals surface area (Å²) in [7, 11) is 0. The Balaban J connectivity index is 2.40. The third-order valence-electron chi connectivity index (χ3n) is 2.71. The van der Waals surface area contributed by atoms with Gasteiger partial charge >= 0.3 is 5.97 Å². The Morgan fingerprint density at radius 2 is 1.65 bits per heavy atom. The second-order valence-corrected chi connectivity index (χ2v) is 4.04. The molecule has 2 N–H and O–H groups in total. The van der Waals surface area contributed by atoms with Gasteiger partial charge in [-0.3, -0.25) is 0 Å². The lowest BCUT2D eigenvalue weighted by Gasteiger charge is -2.17. The minimum absolute atomic E-state index is 0.108. The Morgan fingerprint density at radius 1 is 1.00 bits per heavy atom. The van der Waals surface area contributed by atoms with Gasteiger partial charge in [0.15, 0.2) is 17.7 Å². The molecule has 0 aliphatic heterocycles. The summed E-state index contributed by atoms with van der Waals surface area (Å²) in [5, 5.41) is 11.5. The van der Waals surface area contributed by atoms with Crippen molar-refractivity contribution in [1.82, 2.24) is 0 Å². The Kier molecular flexibility index (Phi) is 3.93. The van der Waals surface area contributed by atoms with Gasteiger partial charge in [-0.1, -0.05) is 24.3 Å². The number of carbonyl (C=O) groups is 1. The van der Waals surface area contributed by atoms with Crippen LogP contribution < -0.4 is 5.32 Å². The van der Waals surface area contributed by atoms with E-state index < -0.39 is 35.0 Å². The molecule has 2 aromatic carbocycles. The first kappa shape index (κ1) is 13.9. The van der Waals surface area contributed by atoms with Gasteiger partial charge in [-0.15, -0.1) is 0 Å². The summed E-state index contributed by atoms with van der Waals surface area (Å²) < 4.78 is 40.3. The molecule has 0 saturated heterocycles. The molecule has 0 aliphatic carbocycles. The molecule has 1 atom stereocenters. The van der Waals surface area contributed by atoms with Crippen molar-refractivity contribution < 1.29 is 23.1 Å². The molecule has 6 heteroatoms. The van der Waals surface area contributed by atoms with E-state index in [0.717, 1.165) is 18.2 Å². The number of carboxylic acid groups (broad SMARTS) is 1. The topological polar surface area (TPSA) is 49.3 Å². The lowest BCUT2D eigenvalue weighted by Crippen LogP contribution is -2.22. The maximum absolute atomic E-state index is 13.6. The number of nitrogens with one attached hydrogen (secondary N) is 1. The maximum Gasteiger partial charge on any atom is 0.330 e. The van der Waals surface area contributed by atoms with E-state index in [2.05, 4.69) is 5.32 Å².